The summed E-state index contributed by atoms with van der Waals surface area (Å²) in [7, 11) is 1.50. The van der Waals surface area contributed by atoms with Crippen LogP contribution in [0.4, 0.5) is 5.69 Å². The van der Waals surface area contributed by atoms with E-state index in [1.54, 1.807) is 36.5 Å². The molecule has 0 spiro atoms. The maximum atomic E-state index is 12.2. The number of halogens is 3. The molecule has 2 aromatic carbocycles. The van der Waals surface area contributed by atoms with Gasteiger partial charge < -0.3 is 20.4 Å². The van der Waals surface area contributed by atoms with Crippen molar-refractivity contribution in [1.29, 1.82) is 0 Å². The van der Waals surface area contributed by atoms with Gasteiger partial charge >= 0.3 is 0 Å². The van der Waals surface area contributed by atoms with Gasteiger partial charge in [0.05, 0.1) is 41.1 Å². The Morgan fingerprint density at radius 2 is 1.80 bits per heavy atom. The zero-order valence-electron chi connectivity index (χ0n) is 15.8. The van der Waals surface area contributed by atoms with Crippen LogP contribution >= 0.6 is 34.8 Å². The van der Waals surface area contributed by atoms with Crippen LogP contribution in [-0.2, 0) is 11.3 Å². The van der Waals surface area contributed by atoms with E-state index in [0.717, 1.165) is 0 Å². The maximum absolute atomic E-state index is 12.2. The molecule has 1 heterocycles. The van der Waals surface area contributed by atoms with Crippen LogP contribution in [0.25, 0.3) is 11.5 Å². The van der Waals surface area contributed by atoms with Gasteiger partial charge in [0, 0.05) is 17.1 Å². The Morgan fingerprint density at radius 1 is 1.07 bits per heavy atom. The van der Waals surface area contributed by atoms with E-state index < -0.39 is 0 Å². The highest BCUT2D eigenvalue weighted by molar-refractivity contribution is 6.35. The Bertz CT molecular complexity index is 1080. The third-order valence-corrected chi connectivity index (χ3v) is 4.82. The van der Waals surface area contributed by atoms with E-state index in [4.69, 9.17) is 39.2 Å². The predicted molar refractivity (Wildman–Crippen MR) is 117 cm³/mol. The van der Waals surface area contributed by atoms with Crippen LogP contribution in [0.3, 0.4) is 0 Å². The molecule has 10 heteroatoms. The van der Waals surface area contributed by atoms with Gasteiger partial charge in [-0.3, -0.25) is 9.59 Å². The highest BCUT2D eigenvalue weighted by atomic mass is 35.5. The molecule has 0 saturated carbocycles. The zero-order valence-corrected chi connectivity index (χ0v) is 18.0. The minimum atomic E-state index is -0.352. The lowest BCUT2D eigenvalue weighted by Gasteiger charge is -2.11. The molecule has 0 bridgehead atoms. The molecule has 0 fully saturated rings. The Hall–Kier alpha value is -2.58. The van der Waals surface area contributed by atoms with Crippen molar-refractivity contribution >= 4 is 52.3 Å². The summed E-state index contributed by atoms with van der Waals surface area (Å²) in [5.74, 6) is 0.168. The summed E-state index contributed by atoms with van der Waals surface area (Å²) in [6, 6.07) is 9.65. The molecule has 0 saturated heterocycles. The Morgan fingerprint density at radius 3 is 2.57 bits per heavy atom. The largest absolute Gasteiger partial charge is 0.440 e. The minimum absolute atomic E-state index is 0.0102. The van der Waals surface area contributed by atoms with Crippen molar-refractivity contribution < 1.29 is 14.0 Å². The molecule has 3 aromatic rings. The van der Waals surface area contributed by atoms with Gasteiger partial charge in [0.25, 0.3) is 5.91 Å². The molecule has 7 nitrogen and oxygen atoms in total. The zero-order chi connectivity index (χ0) is 21.7. The van der Waals surface area contributed by atoms with Crippen molar-refractivity contribution in [2.24, 2.45) is 0 Å². The number of nitrogens with zero attached hydrogens (tertiary/aromatic N) is 1. The average Bonchev–Trinajstić information content (AvgIpc) is 3.19. The first kappa shape index (κ1) is 22.1. The van der Waals surface area contributed by atoms with Crippen LogP contribution in [0.15, 0.2) is 47.0 Å². The predicted octanol–water partition coefficient (Wildman–Crippen LogP) is 4.39. The molecule has 3 N–H and O–H groups in total. The average molecular weight is 468 g/mol. The van der Waals surface area contributed by atoms with Gasteiger partial charge in [-0.05, 0) is 36.4 Å². The number of oxazole rings is 1. The number of carbonyl (C=O) groups excluding carboxylic acids is 2. The lowest BCUT2D eigenvalue weighted by molar-refractivity contribution is -0.115. The number of anilines is 1. The van der Waals surface area contributed by atoms with Gasteiger partial charge in [-0.15, -0.1) is 0 Å². The Balaban J connectivity index is 1.58. The van der Waals surface area contributed by atoms with E-state index in [-0.39, 0.29) is 30.5 Å². The third-order valence-electron chi connectivity index (χ3n) is 4.02. The summed E-state index contributed by atoms with van der Waals surface area (Å²) in [6.07, 6.45) is 1.54. The van der Waals surface area contributed by atoms with Gasteiger partial charge in [-0.2, -0.15) is 0 Å². The van der Waals surface area contributed by atoms with Crippen LogP contribution in [0, 0.1) is 0 Å². The fraction of sp³-hybridized carbons (Fsp3) is 0.150. The van der Waals surface area contributed by atoms with E-state index in [2.05, 4.69) is 20.9 Å². The van der Waals surface area contributed by atoms with Crippen molar-refractivity contribution in [2.45, 2.75) is 6.54 Å². The van der Waals surface area contributed by atoms with E-state index >= 15 is 0 Å². The molecule has 156 valence electrons. The van der Waals surface area contributed by atoms with Crippen LogP contribution in [0.2, 0.25) is 15.1 Å². The van der Waals surface area contributed by atoms with Crippen LogP contribution in [-0.4, -0.2) is 30.4 Å². The molecule has 0 atom stereocenters. The van der Waals surface area contributed by atoms with Crippen LogP contribution in [0.5, 0.6) is 0 Å². The summed E-state index contributed by atoms with van der Waals surface area (Å²) in [4.78, 5) is 28.4. The van der Waals surface area contributed by atoms with Crippen molar-refractivity contribution in [3.8, 4) is 11.5 Å². The fourth-order valence-corrected chi connectivity index (χ4v) is 3.16. The SMILES string of the molecule is CNC(=O)c1cc(Cl)ccc1NC(=O)CNCc1cnc(-c2cc(Cl)ccc2Cl)o1. The Kier molecular flexibility index (Phi) is 7.33. The van der Waals surface area contributed by atoms with Crippen molar-refractivity contribution in [1.82, 2.24) is 15.6 Å². The van der Waals surface area contributed by atoms with Gasteiger partial charge in [0.2, 0.25) is 11.8 Å². The summed E-state index contributed by atoms with van der Waals surface area (Å²) >= 11 is 18.1. The Labute approximate surface area is 187 Å². The number of aromatic nitrogens is 1. The van der Waals surface area contributed by atoms with E-state index in [0.29, 0.717) is 38.0 Å². The topological polar surface area (TPSA) is 96.3 Å². The highest BCUT2D eigenvalue weighted by Gasteiger charge is 2.14. The van der Waals surface area contributed by atoms with Gasteiger partial charge in [0.1, 0.15) is 5.76 Å². The molecule has 0 radical (unpaired) electrons. The molecular weight excluding hydrogens is 451 g/mol. The van der Waals surface area contributed by atoms with Crippen molar-refractivity contribution in [2.75, 3.05) is 18.9 Å². The number of benzene rings is 2. The first-order chi connectivity index (χ1) is 14.4. The second-order valence-corrected chi connectivity index (χ2v) is 7.46. The number of nitrogens with one attached hydrogen (secondary N) is 3. The molecular formula is C20H17Cl3N4O3. The molecule has 2 amide bonds. The summed E-state index contributed by atoms with van der Waals surface area (Å²) in [5.41, 5.74) is 1.22. The van der Waals surface area contributed by atoms with E-state index in [1.165, 1.54) is 13.1 Å². The maximum Gasteiger partial charge on any atom is 0.253 e. The fourth-order valence-electron chi connectivity index (χ4n) is 2.62. The molecule has 0 aliphatic carbocycles. The van der Waals surface area contributed by atoms with Crippen LogP contribution < -0.4 is 16.0 Å². The number of amides is 2. The van der Waals surface area contributed by atoms with Gasteiger partial charge in [0.15, 0.2) is 0 Å². The molecule has 0 aliphatic heterocycles. The monoisotopic (exact) mass is 466 g/mol. The summed E-state index contributed by atoms with van der Waals surface area (Å²) < 4.78 is 5.67. The van der Waals surface area contributed by atoms with Crippen molar-refractivity contribution in [3.05, 3.63) is 69.0 Å². The number of hydrogen-bond acceptors (Lipinski definition) is 5. The molecule has 1 aromatic heterocycles. The second-order valence-electron chi connectivity index (χ2n) is 6.18. The number of carbonyl (C=O) groups is 2. The standard InChI is InChI=1S/C20H17Cl3N4O3/c1-24-19(29)15-7-12(22)3-5-17(15)27-18(28)10-25-8-13-9-26-20(30-13)14-6-11(21)2-4-16(14)23/h2-7,9,25H,8,10H2,1H3,(H,24,29)(H,27,28). The first-order valence-corrected chi connectivity index (χ1v) is 9.93. The summed E-state index contributed by atoms with van der Waals surface area (Å²) in [5, 5.41) is 9.53. The lowest BCUT2D eigenvalue weighted by atomic mass is 10.1. The lowest BCUT2D eigenvalue weighted by Crippen LogP contribution is -2.29. The quantitative estimate of drug-likeness (QED) is 0.479. The molecule has 3 rings (SSSR count). The van der Waals surface area contributed by atoms with E-state index in [1.807, 2.05) is 0 Å². The molecule has 0 aliphatic rings. The molecule has 30 heavy (non-hydrogen) atoms. The molecule has 0 unspecified atom stereocenters. The van der Waals surface area contributed by atoms with Crippen molar-refractivity contribution in [3.63, 3.8) is 0 Å². The number of rotatable bonds is 7. The van der Waals surface area contributed by atoms with Gasteiger partial charge in [-0.25, -0.2) is 4.98 Å². The first-order valence-electron chi connectivity index (χ1n) is 8.79. The van der Waals surface area contributed by atoms with Crippen LogP contribution in [0.1, 0.15) is 16.1 Å². The minimum Gasteiger partial charge on any atom is -0.440 e. The highest BCUT2D eigenvalue weighted by Crippen LogP contribution is 2.30. The number of hydrogen-bond donors (Lipinski definition) is 3. The summed E-state index contributed by atoms with van der Waals surface area (Å²) in [6.45, 7) is 0.255. The smallest absolute Gasteiger partial charge is 0.253 e. The third kappa shape index (κ3) is 5.52. The second kappa shape index (κ2) is 9.95. The van der Waals surface area contributed by atoms with Gasteiger partial charge in [-0.1, -0.05) is 34.8 Å². The van der Waals surface area contributed by atoms with E-state index in [9.17, 15) is 9.59 Å². The normalized spacial score (nSPS) is 10.7.